The summed E-state index contributed by atoms with van der Waals surface area (Å²) >= 11 is 0. The molecule has 5 N–H and O–H groups in total. The third-order valence-corrected chi connectivity index (χ3v) is 10.6. The van der Waals surface area contributed by atoms with Crippen LogP contribution in [0.3, 0.4) is 0 Å². The third kappa shape index (κ3) is 8.14. The first kappa shape index (κ1) is 38.9. The molecule has 4 atom stereocenters. The van der Waals surface area contributed by atoms with Gasteiger partial charge in [-0.25, -0.2) is 24.5 Å². The van der Waals surface area contributed by atoms with E-state index in [1.54, 1.807) is 28.4 Å². The summed E-state index contributed by atoms with van der Waals surface area (Å²) in [5, 5.41) is 14.8. The van der Waals surface area contributed by atoms with Crippen molar-refractivity contribution in [2.75, 3.05) is 33.9 Å². The Bertz CT molecular complexity index is 2250. The van der Waals surface area contributed by atoms with Crippen LogP contribution in [-0.4, -0.2) is 115 Å². The Hall–Kier alpha value is -6.36. The lowest BCUT2D eigenvalue weighted by Crippen LogP contribution is -2.51. The quantitative estimate of drug-likeness (QED) is 0.126. The number of alkyl carbamates (subject to hydrolysis) is 2. The highest BCUT2D eigenvalue weighted by atomic mass is 16.5. The predicted octanol–water partition coefficient (Wildman–Crippen LogP) is 4.50. The summed E-state index contributed by atoms with van der Waals surface area (Å²) in [6, 6.07) is 11.3. The number of imidazole rings is 2. The molecule has 5 aromatic rings. The van der Waals surface area contributed by atoms with Gasteiger partial charge in [0.05, 0.1) is 79.6 Å². The topological polar surface area (TPSA) is 221 Å². The number of aliphatic hydroxyl groups is 1. The van der Waals surface area contributed by atoms with Crippen molar-refractivity contribution in [2.45, 2.75) is 63.7 Å². The molecule has 0 unspecified atom stereocenters. The van der Waals surface area contributed by atoms with Gasteiger partial charge in [-0.15, -0.1) is 0 Å². The largest absolute Gasteiger partial charge is 0.453 e. The van der Waals surface area contributed by atoms with Crippen molar-refractivity contribution in [2.24, 2.45) is 5.92 Å². The smallest absolute Gasteiger partial charge is 0.407 e. The van der Waals surface area contributed by atoms with Gasteiger partial charge in [-0.05, 0) is 49.3 Å². The molecule has 0 bridgehead atoms. The number of aliphatic hydroxyl groups excluding tert-OH is 1. The number of carbonyl (C=O) groups is 4. The van der Waals surface area contributed by atoms with Crippen LogP contribution in [0.4, 0.5) is 9.59 Å². The lowest BCUT2D eigenvalue weighted by atomic mass is 10.0. The summed E-state index contributed by atoms with van der Waals surface area (Å²) in [5.41, 5.74) is 6.37. The molecule has 2 aliphatic heterocycles. The number of aromatic amines is 2. The zero-order chi connectivity index (χ0) is 40.2. The molecule has 4 amide bonds. The SMILES string of the molecule is COC(=O)N[C@@H](CO)C(=O)N1CCC[C@H]1c1ncc(-c2ccc3nc(-c4ccc(-c5cnc([C@@H]6CCCN6C(=O)[C@@H](NC(=O)OC)C(C)C)[nH]5)cc4)cnc3c2)[nH]1. The van der Waals surface area contributed by atoms with E-state index in [-0.39, 0.29) is 23.9 Å². The number of nitrogens with one attached hydrogen (secondary N) is 4. The van der Waals surface area contributed by atoms with E-state index >= 15 is 0 Å². The third-order valence-electron chi connectivity index (χ3n) is 10.6. The van der Waals surface area contributed by atoms with E-state index in [1.165, 1.54) is 14.2 Å². The number of amides is 4. The molecule has 2 aliphatic rings. The number of rotatable bonds is 11. The van der Waals surface area contributed by atoms with Crippen LogP contribution < -0.4 is 10.6 Å². The number of nitrogens with zero attached hydrogens (tertiary/aromatic N) is 6. The van der Waals surface area contributed by atoms with Gasteiger partial charge in [0, 0.05) is 24.2 Å². The van der Waals surface area contributed by atoms with Gasteiger partial charge < -0.3 is 45.0 Å². The fraction of sp³-hybridized carbons (Fsp3) is 0.400. The Balaban J connectivity index is 1.02. The number of aromatic nitrogens is 6. The lowest BCUT2D eigenvalue weighted by Gasteiger charge is -2.30. The van der Waals surface area contributed by atoms with E-state index in [0.717, 1.165) is 52.9 Å². The normalized spacial score (nSPS) is 17.8. The maximum absolute atomic E-state index is 13.5. The molecule has 298 valence electrons. The molecular weight excluding hydrogens is 733 g/mol. The van der Waals surface area contributed by atoms with Crippen molar-refractivity contribution in [3.05, 3.63) is 72.7 Å². The van der Waals surface area contributed by atoms with Gasteiger partial charge in [0.15, 0.2) is 0 Å². The standard InChI is InChI=1S/C40H46N10O7/c1-22(2)34(48-40(55)57-4)38(53)50-16-6-8-33(50)36-42-19-29(45-36)24-11-9-23(10-12-24)28-18-41-27-17-25(13-14-26(27)44-28)30-20-43-35(46-30)32-7-5-15-49(32)37(52)31(21-51)47-39(54)56-3/h9-14,17-20,22,31-34,51H,5-8,15-16,21H2,1-4H3,(H,42,45)(H,43,46)(H,47,54)(H,48,55)/t31-,32-,33-,34-/m0/s1. The van der Waals surface area contributed by atoms with E-state index in [2.05, 4.69) is 35.3 Å². The summed E-state index contributed by atoms with van der Waals surface area (Å²) in [6.07, 6.45) is 6.83. The summed E-state index contributed by atoms with van der Waals surface area (Å²) in [6.45, 7) is 4.28. The van der Waals surface area contributed by atoms with Crippen LogP contribution >= 0.6 is 0 Å². The average Bonchev–Trinajstić information content (AvgIpc) is 4.07. The molecule has 57 heavy (non-hydrogen) atoms. The van der Waals surface area contributed by atoms with Crippen molar-refractivity contribution in [3.8, 4) is 33.8 Å². The number of benzene rings is 2. The highest BCUT2D eigenvalue weighted by molar-refractivity contribution is 5.87. The maximum atomic E-state index is 13.5. The molecule has 2 aromatic carbocycles. The second-order valence-corrected chi connectivity index (χ2v) is 14.5. The first-order chi connectivity index (χ1) is 27.6. The van der Waals surface area contributed by atoms with Gasteiger partial charge >= 0.3 is 12.2 Å². The number of H-pyrrole nitrogens is 2. The summed E-state index contributed by atoms with van der Waals surface area (Å²) in [7, 11) is 2.48. The molecule has 5 heterocycles. The van der Waals surface area contributed by atoms with Gasteiger partial charge in [0.25, 0.3) is 0 Å². The minimum atomic E-state index is -1.12. The van der Waals surface area contributed by atoms with E-state index in [0.29, 0.717) is 42.4 Å². The molecule has 2 fully saturated rings. The van der Waals surface area contributed by atoms with Crippen molar-refractivity contribution in [3.63, 3.8) is 0 Å². The molecular formula is C40H46N10O7. The Morgan fingerprint density at radius 3 is 1.91 bits per heavy atom. The average molecular weight is 779 g/mol. The first-order valence-corrected chi connectivity index (χ1v) is 19.0. The Kier molecular flexibility index (Phi) is 11.5. The van der Waals surface area contributed by atoms with Crippen LogP contribution in [0.25, 0.3) is 44.8 Å². The van der Waals surface area contributed by atoms with Crippen LogP contribution in [0, 0.1) is 5.92 Å². The van der Waals surface area contributed by atoms with Crippen LogP contribution in [0.1, 0.15) is 63.3 Å². The van der Waals surface area contributed by atoms with Crippen molar-refractivity contribution < 1.29 is 33.8 Å². The highest BCUT2D eigenvalue weighted by Crippen LogP contribution is 2.35. The van der Waals surface area contributed by atoms with Crippen LogP contribution in [0.5, 0.6) is 0 Å². The van der Waals surface area contributed by atoms with Gasteiger partial charge in [-0.2, -0.15) is 0 Å². The molecule has 2 saturated heterocycles. The Morgan fingerprint density at radius 2 is 1.32 bits per heavy atom. The Morgan fingerprint density at radius 1 is 0.754 bits per heavy atom. The summed E-state index contributed by atoms with van der Waals surface area (Å²) < 4.78 is 9.34. The van der Waals surface area contributed by atoms with Gasteiger partial charge in [0.2, 0.25) is 11.8 Å². The fourth-order valence-electron chi connectivity index (χ4n) is 7.54. The number of hydrogen-bond acceptors (Lipinski definition) is 11. The molecule has 7 rings (SSSR count). The zero-order valence-corrected chi connectivity index (χ0v) is 32.2. The fourth-order valence-corrected chi connectivity index (χ4v) is 7.54. The molecule has 3 aromatic heterocycles. The van der Waals surface area contributed by atoms with Gasteiger partial charge in [-0.3, -0.25) is 14.6 Å². The maximum Gasteiger partial charge on any atom is 0.407 e. The number of methoxy groups -OCH3 is 2. The number of fused-ring (bicyclic) bond motifs is 1. The van der Waals surface area contributed by atoms with E-state index < -0.39 is 36.8 Å². The Labute approximate surface area is 328 Å². The lowest BCUT2D eigenvalue weighted by molar-refractivity contribution is -0.136. The molecule has 0 aliphatic carbocycles. The van der Waals surface area contributed by atoms with E-state index in [9.17, 15) is 24.3 Å². The van der Waals surface area contributed by atoms with Gasteiger partial charge in [0.1, 0.15) is 23.7 Å². The monoisotopic (exact) mass is 778 g/mol. The first-order valence-electron chi connectivity index (χ1n) is 19.0. The minimum Gasteiger partial charge on any atom is -0.453 e. The molecule has 0 saturated carbocycles. The van der Waals surface area contributed by atoms with Crippen LogP contribution in [0.2, 0.25) is 0 Å². The van der Waals surface area contributed by atoms with E-state index in [1.807, 2.05) is 56.3 Å². The van der Waals surface area contributed by atoms with Crippen LogP contribution in [0.15, 0.2) is 61.1 Å². The predicted molar refractivity (Wildman–Crippen MR) is 208 cm³/mol. The molecule has 0 spiro atoms. The summed E-state index contributed by atoms with van der Waals surface area (Å²) in [5.74, 6) is 0.632. The molecule has 17 nitrogen and oxygen atoms in total. The van der Waals surface area contributed by atoms with Crippen LogP contribution in [-0.2, 0) is 19.1 Å². The number of likely N-dealkylation sites (tertiary alicyclic amines) is 2. The molecule has 0 radical (unpaired) electrons. The minimum absolute atomic E-state index is 0.118. The van der Waals surface area contributed by atoms with Crippen molar-refractivity contribution >= 4 is 35.0 Å². The summed E-state index contributed by atoms with van der Waals surface area (Å²) in [4.78, 5) is 79.4. The second kappa shape index (κ2) is 16.8. The van der Waals surface area contributed by atoms with Gasteiger partial charge in [-0.1, -0.05) is 44.2 Å². The van der Waals surface area contributed by atoms with Crippen molar-refractivity contribution in [1.29, 1.82) is 0 Å². The molecule has 17 heteroatoms. The van der Waals surface area contributed by atoms with Crippen molar-refractivity contribution in [1.82, 2.24) is 50.3 Å². The number of ether oxygens (including phenoxy) is 2. The second-order valence-electron chi connectivity index (χ2n) is 14.5. The van der Waals surface area contributed by atoms with E-state index in [4.69, 9.17) is 14.7 Å². The number of hydrogen-bond donors (Lipinski definition) is 5. The highest BCUT2D eigenvalue weighted by Gasteiger charge is 2.38. The number of carbonyl (C=O) groups excluding carboxylic acids is 4. The zero-order valence-electron chi connectivity index (χ0n) is 32.2.